The molecule has 0 saturated heterocycles. The molecular formula is C13H20O3. The van der Waals surface area contributed by atoms with Gasteiger partial charge in [0, 0.05) is 18.8 Å². The van der Waals surface area contributed by atoms with E-state index in [2.05, 4.69) is 0 Å². The first kappa shape index (κ1) is 13.0. The van der Waals surface area contributed by atoms with Crippen LogP contribution in [0.5, 0.6) is 5.75 Å². The zero-order valence-corrected chi connectivity index (χ0v) is 10.4. The first-order chi connectivity index (χ1) is 7.66. The Morgan fingerprint density at radius 3 is 1.88 bits per heavy atom. The van der Waals surface area contributed by atoms with Crippen LogP contribution in [0.15, 0.2) is 24.3 Å². The Labute approximate surface area is 97.3 Å². The van der Waals surface area contributed by atoms with Crippen LogP contribution in [0.25, 0.3) is 0 Å². The first-order valence-electron chi connectivity index (χ1n) is 5.58. The molecule has 3 heteroatoms. The predicted octanol–water partition coefficient (Wildman–Crippen LogP) is 2.94. The third kappa shape index (κ3) is 2.97. The summed E-state index contributed by atoms with van der Waals surface area (Å²) >= 11 is 0. The predicted molar refractivity (Wildman–Crippen MR) is 63.6 cm³/mol. The van der Waals surface area contributed by atoms with Crippen molar-refractivity contribution in [3.63, 3.8) is 0 Å². The summed E-state index contributed by atoms with van der Waals surface area (Å²) in [5.74, 6) is 0.162. The van der Waals surface area contributed by atoms with Crippen LogP contribution in [-0.2, 0) is 15.3 Å². The molecule has 0 saturated carbocycles. The topological polar surface area (TPSA) is 27.7 Å². The zero-order valence-electron chi connectivity index (χ0n) is 10.4. The summed E-state index contributed by atoms with van der Waals surface area (Å²) in [6.45, 7) is 7.08. The number of methoxy groups -OCH3 is 1. The Morgan fingerprint density at radius 1 is 1.00 bits per heavy atom. The third-order valence-electron chi connectivity index (χ3n) is 2.45. The Bertz CT molecular complexity index is 299. The second-order valence-corrected chi connectivity index (χ2v) is 3.54. The highest BCUT2D eigenvalue weighted by Gasteiger charge is 2.27. The van der Waals surface area contributed by atoms with Gasteiger partial charge in [-0.1, -0.05) is 0 Å². The van der Waals surface area contributed by atoms with Crippen LogP contribution >= 0.6 is 0 Å². The second kappa shape index (κ2) is 5.87. The number of hydrogen-bond donors (Lipinski definition) is 0. The highest BCUT2D eigenvalue weighted by Crippen LogP contribution is 2.28. The maximum atomic E-state index is 5.67. The van der Waals surface area contributed by atoms with Crippen LogP contribution < -0.4 is 4.74 Å². The van der Waals surface area contributed by atoms with E-state index in [1.807, 2.05) is 45.0 Å². The lowest BCUT2D eigenvalue weighted by molar-refractivity contribution is -0.229. The number of rotatable bonds is 6. The van der Waals surface area contributed by atoms with E-state index in [4.69, 9.17) is 14.2 Å². The largest absolute Gasteiger partial charge is 0.497 e. The van der Waals surface area contributed by atoms with E-state index >= 15 is 0 Å². The molecule has 90 valence electrons. The monoisotopic (exact) mass is 224 g/mol. The van der Waals surface area contributed by atoms with Crippen LogP contribution in [0.1, 0.15) is 26.3 Å². The van der Waals surface area contributed by atoms with Gasteiger partial charge in [0.25, 0.3) is 0 Å². The van der Waals surface area contributed by atoms with Gasteiger partial charge >= 0.3 is 0 Å². The van der Waals surface area contributed by atoms with Crippen molar-refractivity contribution >= 4 is 0 Å². The summed E-state index contributed by atoms with van der Waals surface area (Å²) in [6.07, 6.45) is 0. The lowest BCUT2D eigenvalue weighted by Crippen LogP contribution is -2.29. The number of hydrogen-bond acceptors (Lipinski definition) is 3. The molecule has 0 bridgehead atoms. The zero-order chi connectivity index (χ0) is 12.0. The standard InChI is InChI=1S/C13H20O3/c1-5-15-13(3,16-6-2)11-7-9-12(14-4)10-8-11/h7-10H,5-6H2,1-4H3. The van der Waals surface area contributed by atoms with E-state index in [0.717, 1.165) is 11.3 Å². The van der Waals surface area contributed by atoms with Crippen molar-refractivity contribution < 1.29 is 14.2 Å². The fourth-order valence-electron chi connectivity index (χ4n) is 1.65. The van der Waals surface area contributed by atoms with Gasteiger partial charge in [0.15, 0.2) is 5.79 Å². The maximum absolute atomic E-state index is 5.67. The minimum absolute atomic E-state index is 0.614. The minimum atomic E-state index is -0.671. The van der Waals surface area contributed by atoms with Gasteiger partial charge < -0.3 is 14.2 Å². The van der Waals surface area contributed by atoms with Gasteiger partial charge in [0.05, 0.1) is 7.11 Å². The molecule has 3 nitrogen and oxygen atoms in total. The molecule has 0 aliphatic rings. The van der Waals surface area contributed by atoms with Gasteiger partial charge in [0.1, 0.15) is 5.75 Å². The normalized spacial score (nSPS) is 11.5. The van der Waals surface area contributed by atoms with Crippen LogP contribution in [0.4, 0.5) is 0 Å². The van der Waals surface area contributed by atoms with Crippen molar-refractivity contribution in [2.45, 2.75) is 26.6 Å². The molecule has 0 spiro atoms. The molecule has 1 aromatic carbocycles. The average molecular weight is 224 g/mol. The molecule has 0 N–H and O–H groups in total. The second-order valence-electron chi connectivity index (χ2n) is 3.54. The van der Waals surface area contributed by atoms with Crippen molar-refractivity contribution in [2.75, 3.05) is 20.3 Å². The van der Waals surface area contributed by atoms with Crippen molar-refractivity contribution in [3.05, 3.63) is 29.8 Å². The SMILES string of the molecule is CCOC(C)(OCC)c1ccc(OC)cc1. The molecule has 0 unspecified atom stereocenters. The fraction of sp³-hybridized carbons (Fsp3) is 0.538. The number of benzene rings is 1. The van der Waals surface area contributed by atoms with E-state index in [-0.39, 0.29) is 0 Å². The lowest BCUT2D eigenvalue weighted by Gasteiger charge is -2.29. The Kier molecular flexibility index (Phi) is 4.77. The van der Waals surface area contributed by atoms with Gasteiger partial charge in [-0.3, -0.25) is 0 Å². The molecule has 0 radical (unpaired) electrons. The van der Waals surface area contributed by atoms with Gasteiger partial charge in [-0.15, -0.1) is 0 Å². The van der Waals surface area contributed by atoms with Crippen molar-refractivity contribution in [1.82, 2.24) is 0 Å². The van der Waals surface area contributed by atoms with Crippen molar-refractivity contribution in [2.24, 2.45) is 0 Å². The van der Waals surface area contributed by atoms with Gasteiger partial charge in [-0.05, 0) is 45.0 Å². The molecule has 0 aliphatic carbocycles. The summed E-state index contributed by atoms with van der Waals surface area (Å²) in [4.78, 5) is 0. The van der Waals surface area contributed by atoms with E-state index in [0.29, 0.717) is 13.2 Å². The van der Waals surface area contributed by atoms with Gasteiger partial charge in [-0.25, -0.2) is 0 Å². The summed E-state index contributed by atoms with van der Waals surface area (Å²) in [5.41, 5.74) is 0.997. The lowest BCUT2D eigenvalue weighted by atomic mass is 10.1. The first-order valence-corrected chi connectivity index (χ1v) is 5.58. The molecule has 0 atom stereocenters. The summed E-state index contributed by atoms with van der Waals surface area (Å²) < 4.78 is 16.5. The Balaban J connectivity index is 2.91. The van der Waals surface area contributed by atoms with E-state index in [1.54, 1.807) is 7.11 Å². The van der Waals surface area contributed by atoms with E-state index in [9.17, 15) is 0 Å². The maximum Gasteiger partial charge on any atom is 0.191 e. The smallest absolute Gasteiger partial charge is 0.191 e. The fourth-order valence-corrected chi connectivity index (χ4v) is 1.65. The number of ether oxygens (including phenoxy) is 3. The van der Waals surface area contributed by atoms with Gasteiger partial charge in [-0.2, -0.15) is 0 Å². The van der Waals surface area contributed by atoms with Crippen LogP contribution in [-0.4, -0.2) is 20.3 Å². The molecule has 0 amide bonds. The molecule has 0 aromatic heterocycles. The van der Waals surface area contributed by atoms with Crippen molar-refractivity contribution in [3.8, 4) is 5.75 Å². The minimum Gasteiger partial charge on any atom is -0.497 e. The van der Waals surface area contributed by atoms with E-state index < -0.39 is 5.79 Å². The molecule has 0 heterocycles. The molecular weight excluding hydrogens is 204 g/mol. The summed E-state index contributed by atoms with van der Waals surface area (Å²) in [6, 6.07) is 7.74. The molecule has 1 aromatic rings. The van der Waals surface area contributed by atoms with E-state index in [1.165, 1.54) is 0 Å². The molecule has 0 fully saturated rings. The summed E-state index contributed by atoms with van der Waals surface area (Å²) in [7, 11) is 1.65. The van der Waals surface area contributed by atoms with Crippen molar-refractivity contribution in [1.29, 1.82) is 0 Å². The molecule has 0 aliphatic heterocycles. The van der Waals surface area contributed by atoms with Crippen LogP contribution in [0.3, 0.4) is 0 Å². The highest BCUT2D eigenvalue weighted by molar-refractivity contribution is 5.29. The molecule has 1 rings (SSSR count). The van der Waals surface area contributed by atoms with Crippen LogP contribution in [0.2, 0.25) is 0 Å². The third-order valence-corrected chi connectivity index (χ3v) is 2.45. The Morgan fingerprint density at radius 2 is 1.50 bits per heavy atom. The summed E-state index contributed by atoms with van der Waals surface area (Å²) in [5, 5.41) is 0. The van der Waals surface area contributed by atoms with Gasteiger partial charge in [0.2, 0.25) is 0 Å². The average Bonchev–Trinajstić information content (AvgIpc) is 2.30. The molecule has 16 heavy (non-hydrogen) atoms. The quantitative estimate of drug-likeness (QED) is 0.695. The van der Waals surface area contributed by atoms with Crippen LogP contribution in [0, 0.1) is 0 Å². The highest BCUT2D eigenvalue weighted by atomic mass is 16.7. The Hall–Kier alpha value is -1.06.